The van der Waals surface area contributed by atoms with Crippen molar-refractivity contribution < 1.29 is 0 Å². The molecular weight excluding hydrogens is 210 g/mol. The normalized spacial score (nSPS) is 22.2. The first-order valence-corrected chi connectivity index (χ1v) is 6.54. The van der Waals surface area contributed by atoms with E-state index in [0.717, 1.165) is 36.3 Å². The Morgan fingerprint density at radius 2 is 2.12 bits per heavy atom. The van der Waals surface area contributed by atoms with Gasteiger partial charge in [0.15, 0.2) is 0 Å². The molecule has 0 aromatic carbocycles. The van der Waals surface area contributed by atoms with Gasteiger partial charge in [0.05, 0.1) is 0 Å². The van der Waals surface area contributed by atoms with Crippen LogP contribution in [-0.2, 0) is 0 Å². The maximum absolute atomic E-state index is 5.83. The molecule has 17 heavy (non-hydrogen) atoms. The van der Waals surface area contributed by atoms with Crippen molar-refractivity contribution in [2.45, 2.75) is 33.2 Å². The van der Waals surface area contributed by atoms with Crippen LogP contribution in [0.1, 0.15) is 38.8 Å². The van der Waals surface area contributed by atoms with E-state index in [1.165, 1.54) is 6.42 Å². The Morgan fingerprint density at radius 3 is 2.59 bits per heavy atom. The van der Waals surface area contributed by atoms with Crippen molar-refractivity contribution in [2.75, 3.05) is 18.0 Å². The van der Waals surface area contributed by atoms with Crippen molar-refractivity contribution in [3.05, 3.63) is 23.9 Å². The van der Waals surface area contributed by atoms with Crippen LogP contribution in [-0.4, -0.2) is 18.1 Å². The summed E-state index contributed by atoms with van der Waals surface area (Å²) in [5.41, 5.74) is 6.93. The van der Waals surface area contributed by atoms with Gasteiger partial charge in [-0.3, -0.25) is 0 Å². The summed E-state index contributed by atoms with van der Waals surface area (Å²) in [6, 6.07) is 4.26. The fourth-order valence-electron chi connectivity index (χ4n) is 2.39. The molecule has 1 aliphatic heterocycles. The third kappa shape index (κ3) is 2.78. The first-order chi connectivity index (χ1) is 8.08. The zero-order chi connectivity index (χ0) is 12.4. The van der Waals surface area contributed by atoms with Gasteiger partial charge in [0.25, 0.3) is 0 Å². The third-order valence-electron chi connectivity index (χ3n) is 3.79. The van der Waals surface area contributed by atoms with Crippen LogP contribution in [0.2, 0.25) is 0 Å². The van der Waals surface area contributed by atoms with Gasteiger partial charge in [0.1, 0.15) is 5.82 Å². The van der Waals surface area contributed by atoms with Crippen molar-refractivity contribution in [2.24, 2.45) is 17.6 Å². The van der Waals surface area contributed by atoms with E-state index in [9.17, 15) is 0 Å². The van der Waals surface area contributed by atoms with Gasteiger partial charge in [-0.15, -0.1) is 0 Å². The van der Waals surface area contributed by atoms with E-state index in [2.05, 4.69) is 35.9 Å². The average molecular weight is 233 g/mol. The fourth-order valence-corrected chi connectivity index (χ4v) is 2.39. The second-order valence-electron chi connectivity index (χ2n) is 5.48. The number of anilines is 1. The van der Waals surface area contributed by atoms with Crippen molar-refractivity contribution in [3.63, 3.8) is 0 Å². The number of aromatic nitrogens is 1. The van der Waals surface area contributed by atoms with E-state index in [-0.39, 0.29) is 6.04 Å². The van der Waals surface area contributed by atoms with Crippen LogP contribution in [0.15, 0.2) is 18.3 Å². The number of nitrogens with two attached hydrogens (primary N) is 1. The van der Waals surface area contributed by atoms with E-state index in [1.807, 2.05) is 13.1 Å². The molecule has 0 bridgehead atoms. The number of pyridine rings is 1. The molecule has 3 nitrogen and oxygen atoms in total. The minimum absolute atomic E-state index is 0.0681. The second-order valence-corrected chi connectivity index (χ2v) is 5.48. The molecule has 94 valence electrons. The maximum atomic E-state index is 5.83. The van der Waals surface area contributed by atoms with Gasteiger partial charge in [-0.2, -0.15) is 0 Å². The number of nitrogens with zero attached hydrogens (tertiary/aromatic N) is 2. The average Bonchev–Trinajstić information content (AvgIpc) is 2.78. The maximum Gasteiger partial charge on any atom is 0.128 e. The lowest BCUT2D eigenvalue weighted by molar-refractivity contribution is 0.422. The van der Waals surface area contributed by atoms with Gasteiger partial charge < -0.3 is 10.6 Å². The lowest BCUT2D eigenvalue weighted by atomic mass is 9.95. The summed E-state index contributed by atoms with van der Waals surface area (Å²) < 4.78 is 0. The highest BCUT2D eigenvalue weighted by molar-refractivity contribution is 5.41. The number of rotatable bonds is 3. The van der Waals surface area contributed by atoms with E-state index in [1.54, 1.807) is 0 Å². The summed E-state index contributed by atoms with van der Waals surface area (Å²) in [4.78, 5) is 6.91. The minimum Gasteiger partial charge on any atom is -0.356 e. The monoisotopic (exact) mass is 233 g/mol. The summed E-state index contributed by atoms with van der Waals surface area (Å²) >= 11 is 0. The molecule has 0 radical (unpaired) electrons. The molecule has 1 fully saturated rings. The largest absolute Gasteiger partial charge is 0.356 e. The van der Waals surface area contributed by atoms with Gasteiger partial charge in [0.2, 0.25) is 0 Å². The zero-order valence-electron chi connectivity index (χ0n) is 11.1. The lowest BCUT2D eigenvalue weighted by Gasteiger charge is -2.19. The van der Waals surface area contributed by atoms with Crippen molar-refractivity contribution in [1.82, 2.24) is 4.98 Å². The summed E-state index contributed by atoms with van der Waals surface area (Å²) in [5.74, 6) is 2.67. The van der Waals surface area contributed by atoms with Crippen molar-refractivity contribution >= 4 is 5.82 Å². The van der Waals surface area contributed by atoms with Gasteiger partial charge in [-0.05, 0) is 36.8 Å². The standard InChI is InChI=1S/C14H23N3/c1-10(2)13-6-7-17(9-13)14-5-4-12(8-16-14)11(3)15/h4-5,8,10-11,13H,6-7,9,15H2,1-3H3. The molecule has 3 heteroatoms. The summed E-state index contributed by atoms with van der Waals surface area (Å²) in [7, 11) is 0. The Hall–Kier alpha value is -1.09. The molecule has 1 saturated heterocycles. The molecule has 1 aromatic heterocycles. The van der Waals surface area contributed by atoms with Crippen LogP contribution >= 0.6 is 0 Å². The summed E-state index contributed by atoms with van der Waals surface area (Å²) in [6.45, 7) is 8.87. The predicted octanol–water partition coefficient (Wildman–Crippen LogP) is 2.58. The predicted molar refractivity (Wildman–Crippen MR) is 72.0 cm³/mol. The van der Waals surface area contributed by atoms with Crippen LogP contribution in [0.5, 0.6) is 0 Å². The Balaban J connectivity index is 2.04. The lowest BCUT2D eigenvalue weighted by Crippen LogP contribution is -2.22. The highest BCUT2D eigenvalue weighted by atomic mass is 15.2. The first-order valence-electron chi connectivity index (χ1n) is 6.54. The highest BCUT2D eigenvalue weighted by Gasteiger charge is 2.25. The first kappa shape index (κ1) is 12.4. The Labute approximate surface area is 104 Å². The number of hydrogen-bond donors (Lipinski definition) is 1. The molecule has 2 N–H and O–H groups in total. The second kappa shape index (κ2) is 5.05. The SMILES string of the molecule is CC(N)c1ccc(N2CCC(C(C)C)C2)nc1. The van der Waals surface area contributed by atoms with Crippen LogP contribution in [0.4, 0.5) is 5.82 Å². The molecule has 2 rings (SSSR count). The van der Waals surface area contributed by atoms with Crippen LogP contribution in [0.25, 0.3) is 0 Å². The smallest absolute Gasteiger partial charge is 0.128 e. The summed E-state index contributed by atoms with van der Waals surface area (Å²) in [6.07, 6.45) is 3.19. The summed E-state index contributed by atoms with van der Waals surface area (Å²) in [5, 5.41) is 0. The van der Waals surface area contributed by atoms with Crippen molar-refractivity contribution in [3.8, 4) is 0 Å². The Bertz CT molecular complexity index is 356. The fraction of sp³-hybridized carbons (Fsp3) is 0.643. The molecule has 2 unspecified atom stereocenters. The van der Waals surface area contributed by atoms with Crippen LogP contribution in [0, 0.1) is 11.8 Å². The molecule has 2 atom stereocenters. The van der Waals surface area contributed by atoms with E-state index < -0.39 is 0 Å². The van der Waals surface area contributed by atoms with Crippen LogP contribution < -0.4 is 10.6 Å². The quantitative estimate of drug-likeness (QED) is 0.872. The Kier molecular flexibility index (Phi) is 3.67. The number of hydrogen-bond acceptors (Lipinski definition) is 3. The van der Waals surface area contributed by atoms with E-state index >= 15 is 0 Å². The van der Waals surface area contributed by atoms with Gasteiger partial charge in [0, 0.05) is 25.3 Å². The molecule has 0 aliphatic carbocycles. The van der Waals surface area contributed by atoms with E-state index in [4.69, 9.17) is 5.73 Å². The molecule has 1 aromatic rings. The molecule has 1 aliphatic rings. The van der Waals surface area contributed by atoms with Crippen molar-refractivity contribution in [1.29, 1.82) is 0 Å². The molecular formula is C14H23N3. The minimum atomic E-state index is 0.0681. The van der Waals surface area contributed by atoms with Gasteiger partial charge in [-0.1, -0.05) is 19.9 Å². The van der Waals surface area contributed by atoms with Gasteiger partial charge >= 0.3 is 0 Å². The Morgan fingerprint density at radius 1 is 1.35 bits per heavy atom. The topological polar surface area (TPSA) is 42.1 Å². The molecule has 0 saturated carbocycles. The van der Waals surface area contributed by atoms with E-state index in [0.29, 0.717) is 0 Å². The third-order valence-corrected chi connectivity index (χ3v) is 3.79. The molecule has 0 amide bonds. The molecule has 2 heterocycles. The highest BCUT2D eigenvalue weighted by Crippen LogP contribution is 2.27. The van der Waals surface area contributed by atoms with Gasteiger partial charge in [-0.25, -0.2) is 4.98 Å². The van der Waals surface area contributed by atoms with Crippen LogP contribution in [0.3, 0.4) is 0 Å². The zero-order valence-corrected chi connectivity index (χ0v) is 11.1. The molecule has 0 spiro atoms.